The molecule has 4 N–H and O–H groups in total. The van der Waals surface area contributed by atoms with Gasteiger partial charge < -0.3 is 15.0 Å². The van der Waals surface area contributed by atoms with E-state index in [1.807, 2.05) is 19.9 Å². The first-order valence-electron chi connectivity index (χ1n) is 12.2. The van der Waals surface area contributed by atoms with Crippen LogP contribution in [0, 0.1) is 11.3 Å². The van der Waals surface area contributed by atoms with Crippen LogP contribution in [0.5, 0.6) is 0 Å². The van der Waals surface area contributed by atoms with Gasteiger partial charge in [-0.05, 0) is 47.4 Å². The van der Waals surface area contributed by atoms with E-state index in [9.17, 15) is 18.0 Å². The highest BCUT2D eigenvalue weighted by Crippen LogP contribution is 2.27. The first-order valence-corrected chi connectivity index (χ1v) is 13.8. The second kappa shape index (κ2) is 13.0. The summed E-state index contributed by atoms with van der Waals surface area (Å²) in [5.41, 5.74) is 2.71. The molecule has 0 aliphatic heterocycles. The number of nitrogens with one attached hydrogen (secondary N) is 2. The molecule has 9 nitrogen and oxygen atoms in total. The Bertz CT molecular complexity index is 1470. The minimum absolute atomic E-state index is 0.00670. The van der Waals surface area contributed by atoms with Gasteiger partial charge in [0.05, 0.1) is 4.90 Å². The van der Waals surface area contributed by atoms with Crippen LogP contribution in [0.4, 0.5) is 5.69 Å². The standard InChI is InChI=1S/C29H32N4O5S/c1-4-16-38-27(30)23-9-7-8-21(17-23)19-33(18-20(2)3)29(35)28(34)32-24-14-12-22(13-15-24)25-10-5-6-11-26(25)39(31,36)37/h4-15,17,20,30H,1,16,18-19H2,2-3H3,(H,32,34)(H2,31,36,37). The van der Waals surface area contributed by atoms with Gasteiger partial charge in [0, 0.05) is 29.9 Å². The van der Waals surface area contributed by atoms with Crippen molar-refractivity contribution in [1.29, 1.82) is 5.41 Å². The molecule has 0 heterocycles. The lowest BCUT2D eigenvalue weighted by molar-refractivity contribution is -0.143. The molecule has 3 aromatic rings. The predicted molar refractivity (Wildman–Crippen MR) is 152 cm³/mol. The zero-order valence-corrected chi connectivity index (χ0v) is 22.7. The Balaban J connectivity index is 1.75. The zero-order chi connectivity index (χ0) is 28.6. The second-order valence-corrected chi connectivity index (χ2v) is 10.8. The lowest BCUT2D eigenvalue weighted by atomic mass is 10.1. The monoisotopic (exact) mass is 548 g/mol. The zero-order valence-electron chi connectivity index (χ0n) is 21.9. The molecule has 39 heavy (non-hydrogen) atoms. The number of benzene rings is 3. The van der Waals surface area contributed by atoms with E-state index in [-0.39, 0.29) is 29.9 Å². The van der Waals surface area contributed by atoms with Gasteiger partial charge in [0.15, 0.2) is 0 Å². The van der Waals surface area contributed by atoms with Gasteiger partial charge in [-0.3, -0.25) is 15.0 Å². The lowest BCUT2D eigenvalue weighted by Crippen LogP contribution is -2.41. The Morgan fingerprint density at radius 3 is 2.41 bits per heavy atom. The number of hydrogen-bond acceptors (Lipinski definition) is 6. The smallest absolute Gasteiger partial charge is 0.313 e. The van der Waals surface area contributed by atoms with Crippen LogP contribution in [0.3, 0.4) is 0 Å². The third-order valence-corrected chi connectivity index (χ3v) is 6.59. The van der Waals surface area contributed by atoms with Gasteiger partial charge in [0.2, 0.25) is 15.9 Å². The van der Waals surface area contributed by atoms with Crippen molar-refractivity contribution in [3.63, 3.8) is 0 Å². The summed E-state index contributed by atoms with van der Waals surface area (Å²) in [4.78, 5) is 27.5. The SMILES string of the molecule is C=CCOC(=N)c1cccc(CN(CC(C)C)C(=O)C(=O)Nc2ccc(-c3ccccc3S(N)(=O)=O)cc2)c1. The van der Waals surface area contributed by atoms with Crippen molar-refractivity contribution in [2.75, 3.05) is 18.5 Å². The summed E-state index contributed by atoms with van der Waals surface area (Å²) in [5, 5.41) is 16.0. The van der Waals surface area contributed by atoms with E-state index in [1.165, 1.54) is 11.0 Å². The van der Waals surface area contributed by atoms with Gasteiger partial charge in [-0.1, -0.05) is 69.0 Å². The van der Waals surface area contributed by atoms with Crippen LogP contribution in [0.2, 0.25) is 0 Å². The molecule has 0 spiro atoms. The van der Waals surface area contributed by atoms with Gasteiger partial charge >= 0.3 is 11.8 Å². The molecule has 0 aliphatic rings. The number of carbonyl (C=O) groups excluding carboxylic acids is 2. The summed E-state index contributed by atoms with van der Waals surface area (Å²) in [6.45, 7) is 8.21. The maximum Gasteiger partial charge on any atom is 0.313 e. The first kappa shape index (κ1) is 29.3. The van der Waals surface area contributed by atoms with Crippen LogP contribution >= 0.6 is 0 Å². The van der Waals surface area contributed by atoms with E-state index in [2.05, 4.69) is 11.9 Å². The van der Waals surface area contributed by atoms with Crippen LogP contribution in [0.25, 0.3) is 11.1 Å². The molecule has 0 saturated carbocycles. The summed E-state index contributed by atoms with van der Waals surface area (Å²) >= 11 is 0. The summed E-state index contributed by atoms with van der Waals surface area (Å²) in [5.74, 6) is -1.40. The topological polar surface area (TPSA) is 143 Å². The van der Waals surface area contributed by atoms with E-state index in [0.717, 1.165) is 5.56 Å². The Hall–Kier alpha value is -4.28. The molecule has 0 bridgehead atoms. The minimum atomic E-state index is -3.92. The molecule has 0 saturated heterocycles. The van der Waals surface area contributed by atoms with Crippen LogP contribution in [0.1, 0.15) is 25.0 Å². The number of anilines is 1. The highest BCUT2D eigenvalue weighted by molar-refractivity contribution is 7.89. The number of ether oxygens (including phenoxy) is 1. The Kier molecular flexibility index (Phi) is 9.75. The molecule has 204 valence electrons. The van der Waals surface area contributed by atoms with Crippen molar-refractivity contribution in [1.82, 2.24) is 4.90 Å². The summed E-state index contributed by atoms with van der Waals surface area (Å²) < 4.78 is 29.2. The molecular formula is C29H32N4O5S. The third kappa shape index (κ3) is 8.10. The number of primary sulfonamides is 1. The van der Waals surface area contributed by atoms with Crippen LogP contribution in [-0.4, -0.2) is 44.2 Å². The minimum Gasteiger partial charge on any atom is -0.473 e. The van der Waals surface area contributed by atoms with Gasteiger partial charge in [-0.25, -0.2) is 13.6 Å². The van der Waals surface area contributed by atoms with Crippen LogP contribution in [0.15, 0.2) is 90.3 Å². The fourth-order valence-electron chi connectivity index (χ4n) is 3.93. The average Bonchev–Trinajstić information content (AvgIpc) is 2.90. The van der Waals surface area contributed by atoms with Crippen molar-refractivity contribution in [3.8, 4) is 11.1 Å². The molecule has 0 unspecified atom stereocenters. The number of nitrogens with two attached hydrogens (primary N) is 1. The molecular weight excluding hydrogens is 516 g/mol. The van der Waals surface area contributed by atoms with Crippen LogP contribution in [-0.2, 0) is 30.9 Å². The number of rotatable bonds is 10. The largest absolute Gasteiger partial charge is 0.473 e. The lowest BCUT2D eigenvalue weighted by Gasteiger charge is -2.24. The van der Waals surface area contributed by atoms with Gasteiger partial charge in [-0.15, -0.1) is 0 Å². The van der Waals surface area contributed by atoms with E-state index in [4.69, 9.17) is 15.3 Å². The number of amides is 2. The van der Waals surface area contributed by atoms with Crippen molar-refractivity contribution >= 4 is 33.4 Å². The maximum absolute atomic E-state index is 13.1. The second-order valence-electron chi connectivity index (χ2n) is 9.28. The Labute approximate surface area is 228 Å². The molecule has 2 amide bonds. The molecule has 3 rings (SSSR count). The molecule has 0 aromatic heterocycles. The maximum atomic E-state index is 13.1. The van der Waals surface area contributed by atoms with Crippen molar-refractivity contribution in [3.05, 3.63) is 96.6 Å². The number of carbonyl (C=O) groups is 2. The predicted octanol–water partition coefficient (Wildman–Crippen LogP) is 4.15. The number of hydrogen-bond donors (Lipinski definition) is 3. The average molecular weight is 549 g/mol. The first-order chi connectivity index (χ1) is 18.5. The highest BCUT2D eigenvalue weighted by atomic mass is 32.2. The van der Waals surface area contributed by atoms with Crippen LogP contribution < -0.4 is 10.5 Å². The summed E-state index contributed by atoms with van der Waals surface area (Å²) in [7, 11) is -3.92. The third-order valence-electron chi connectivity index (χ3n) is 5.62. The number of nitrogens with zero attached hydrogens (tertiary/aromatic N) is 1. The van der Waals surface area contributed by atoms with E-state index >= 15 is 0 Å². The number of sulfonamides is 1. The molecule has 10 heteroatoms. The Morgan fingerprint density at radius 1 is 1.08 bits per heavy atom. The fraction of sp³-hybridized carbons (Fsp3) is 0.207. The molecule has 0 aliphatic carbocycles. The van der Waals surface area contributed by atoms with E-state index in [0.29, 0.717) is 28.9 Å². The quantitative estimate of drug-likeness (QED) is 0.151. The van der Waals surface area contributed by atoms with Crippen molar-refractivity contribution in [2.45, 2.75) is 25.3 Å². The van der Waals surface area contributed by atoms with E-state index < -0.39 is 21.8 Å². The van der Waals surface area contributed by atoms with Crippen molar-refractivity contribution in [2.24, 2.45) is 11.1 Å². The molecule has 3 aromatic carbocycles. The summed E-state index contributed by atoms with van der Waals surface area (Å²) in [6, 6.07) is 19.9. The Morgan fingerprint density at radius 2 is 1.77 bits per heavy atom. The normalized spacial score (nSPS) is 11.1. The van der Waals surface area contributed by atoms with E-state index in [1.54, 1.807) is 66.7 Å². The fourth-order valence-corrected chi connectivity index (χ4v) is 4.69. The molecule has 0 atom stereocenters. The molecule has 0 radical (unpaired) electrons. The van der Waals surface area contributed by atoms with Gasteiger partial charge in [-0.2, -0.15) is 0 Å². The molecule has 0 fully saturated rings. The van der Waals surface area contributed by atoms with Crippen molar-refractivity contribution < 1.29 is 22.7 Å². The van der Waals surface area contributed by atoms with Gasteiger partial charge in [0.25, 0.3) is 0 Å². The highest BCUT2D eigenvalue weighted by Gasteiger charge is 2.23. The summed E-state index contributed by atoms with van der Waals surface area (Å²) in [6.07, 6.45) is 1.55. The van der Waals surface area contributed by atoms with Gasteiger partial charge in [0.1, 0.15) is 6.61 Å².